The molecule has 1 aromatic carbocycles. The lowest BCUT2D eigenvalue weighted by molar-refractivity contribution is -0.139. The van der Waals surface area contributed by atoms with Crippen LogP contribution in [-0.2, 0) is 19.1 Å². The van der Waals surface area contributed by atoms with Gasteiger partial charge in [-0.15, -0.1) is 0 Å². The van der Waals surface area contributed by atoms with Crippen molar-refractivity contribution in [3.05, 3.63) is 56.3 Å². The van der Waals surface area contributed by atoms with Crippen LogP contribution in [0.2, 0.25) is 10.0 Å². The molecule has 0 radical (unpaired) electrons. The number of ether oxygens (including phenoxy) is 2. The molecule has 1 atom stereocenters. The standard InChI is InChI=1S/C22H27Cl2N3O4S2/c1-4-30-20(28)16-12(3)27-15(11-33-10-9-26-22(25)32)18(21(29)31-5-2)17(16)13-7-6-8-14(23)19(13)24/h6-8,17,27H,4-5,9-11H2,1-3H3,(H3,25,26,32). The minimum atomic E-state index is -0.805. The Kier molecular flexibility index (Phi) is 10.8. The van der Waals surface area contributed by atoms with Gasteiger partial charge in [0.15, 0.2) is 5.11 Å². The van der Waals surface area contributed by atoms with Gasteiger partial charge >= 0.3 is 11.9 Å². The molecule has 1 aliphatic rings. The number of esters is 2. The molecule has 0 aliphatic carbocycles. The molecule has 1 aliphatic heterocycles. The van der Waals surface area contributed by atoms with E-state index in [0.29, 0.717) is 45.6 Å². The Morgan fingerprint density at radius 1 is 1.18 bits per heavy atom. The summed E-state index contributed by atoms with van der Waals surface area (Å²) in [5.74, 6) is -0.750. The minimum Gasteiger partial charge on any atom is -0.463 e. The lowest BCUT2D eigenvalue weighted by Crippen LogP contribution is -2.34. The lowest BCUT2D eigenvalue weighted by Gasteiger charge is -2.32. The summed E-state index contributed by atoms with van der Waals surface area (Å²) in [6.45, 7) is 6.14. The SMILES string of the molecule is CCOC(=O)C1=C(C)NC(CSCCNC(N)=S)=C(C(=O)OCC)C1c1cccc(Cl)c1Cl. The fourth-order valence-corrected chi connectivity index (χ4v) is 4.76. The van der Waals surface area contributed by atoms with E-state index in [0.717, 1.165) is 0 Å². The van der Waals surface area contributed by atoms with E-state index < -0.39 is 17.9 Å². The van der Waals surface area contributed by atoms with Crippen LogP contribution in [-0.4, -0.2) is 48.3 Å². The number of halogens is 2. The van der Waals surface area contributed by atoms with Crippen molar-refractivity contribution in [1.82, 2.24) is 10.6 Å². The molecule has 0 bridgehead atoms. The molecule has 4 N–H and O–H groups in total. The first-order valence-electron chi connectivity index (χ1n) is 10.3. The monoisotopic (exact) mass is 531 g/mol. The number of rotatable bonds is 10. The third kappa shape index (κ3) is 7.02. The summed E-state index contributed by atoms with van der Waals surface area (Å²) in [6.07, 6.45) is 0. The molecule has 1 heterocycles. The van der Waals surface area contributed by atoms with Gasteiger partial charge in [-0.2, -0.15) is 11.8 Å². The average Bonchev–Trinajstić information content (AvgIpc) is 2.75. The summed E-state index contributed by atoms with van der Waals surface area (Å²) in [6, 6.07) is 5.11. The van der Waals surface area contributed by atoms with Crippen LogP contribution in [0.1, 0.15) is 32.3 Å². The van der Waals surface area contributed by atoms with Gasteiger partial charge in [0.25, 0.3) is 0 Å². The molecular formula is C22H27Cl2N3O4S2. The number of nitrogens with two attached hydrogens (primary N) is 1. The van der Waals surface area contributed by atoms with Gasteiger partial charge in [0.2, 0.25) is 0 Å². The topological polar surface area (TPSA) is 103 Å². The van der Waals surface area contributed by atoms with Crippen molar-refractivity contribution in [1.29, 1.82) is 0 Å². The molecule has 33 heavy (non-hydrogen) atoms. The summed E-state index contributed by atoms with van der Waals surface area (Å²) in [4.78, 5) is 26.1. The Morgan fingerprint density at radius 3 is 2.42 bits per heavy atom. The highest BCUT2D eigenvalue weighted by Crippen LogP contribution is 2.44. The van der Waals surface area contributed by atoms with Crippen molar-refractivity contribution in [3.8, 4) is 0 Å². The Balaban J connectivity index is 2.58. The number of carbonyl (C=O) groups is 2. The maximum atomic E-state index is 13.2. The van der Waals surface area contributed by atoms with E-state index in [1.54, 1.807) is 50.7 Å². The van der Waals surface area contributed by atoms with Crippen molar-refractivity contribution in [2.45, 2.75) is 26.7 Å². The third-order valence-corrected chi connectivity index (χ3v) is 6.68. The van der Waals surface area contributed by atoms with Gasteiger partial charge in [0.05, 0.1) is 40.3 Å². The second kappa shape index (κ2) is 13.1. The third-order valence-electron chi connectivity index (χ3n) is 4.72. The van der Waals surface area contributed by atoms with Crippen LogP contribution in [0.25, 0.3) is 0 Å². The summed E-state index contributed by atoms with van der Waals surface area (Å²) < 4.78 is 10.7. The van der Waals surface area contributed by atoms with Crippen LogP contribution >= 0.6 is 47.2 Å². The molecule has 180 valence electrons. The van der Waals surface area contributed by atoms with E-state index in [9.17, 15) is 9.59 Å². The molecule has 0 amide bonds. The van der Waals surface area contributed by atoms with Crippen LogP contribution in [0.15, 0.2) is 40.7 Å². The molecule has 7 nitrogen and oxygen atoms in total. The molecule has 0 saturated heterocycles. The molecule has 0 aromatic heterocycles. The van der Waals surface area contributed by atoms with Gasteiger partial charge < -0.3 is 25.8 Å². The Bertz CT molecular complexity index is 982. The maximum absolute atomic E-state index is 13.2. The molecule has 0 saturated carbocycles. The number of hydrogen-bond donors (Lipinski definition) is 3. The van der Waals surface area contributed by atoms with Crippen LogP contribution in [0, 0.1) is 0 Å². The predicted molar refractivity (Wildman–Crippen MR) is 137 cm³/mol. The number of nitrogens with one attached hydrogen (secondary N) is 2. The Hall–Kier alpha value is -1.94. The van der Waals surface area contributed by atoms with Gasteiger partial charge in [-0.25, -0.2) is 9.59 Å². The van der Waals surface area contributed by atoms with Crippen LogP contribution in [0.4, 0.5) is 0 Å². The molecule has 1 aromatic rings. The zero-order valence-electron chi connectivity index (χ0n) is 18.6. The Morgan fingerprint density at radius 2 is 1.82 bits per heavy atom. The number of benzene rings is 1. The van der Waals surface area contributed by atoms with Crippen LogP contribution in [0.3, 0.4) is 0 Å². The van der Waals surface area contributed by atoms with Gasteiger partial charge in [0.1, 0.15) is 0 Å². The predicted octanol–water partition coefficient (Wildman–Crippen LogP) is 3.90. The molecule has 0 fully saturated rings. The van der Waals surface area contributed by atoms with E-state index in [1.165, 1.54) is 0 Å². The summed E-state index contributed by atoms with van der Waals surface area (Å²) in [5, 5.41) is 6.91. The van der Waals surface area contributed by atoms with Crippen molar-refractivity contribution >= 4 is 64.2 Å². The maximum Gasteiger partial charge on any atom is 0.336 e. The van der Waals surface area contributed by atoms with Crippen molar-refractivity contribution in [2.75, 3.05) is 31.3 Å². The largest absolute Gasteiger partial charge is 0.463 e. The molecule has 2 rings (SSSR count). The number of dihydropyridines is 1. The zero-order valence-corrected chi connectivity index (χ0v) is 21.8. The first kappa shape index (κ1) is 27.3. The van der Waals surface area contributed by atoms with Crippen LogP contribution in [0.5, 0.6) is 0 Å². The van der Waals surface area contributed by atoms with Crippen molar-refractivity contribution in [2.24, 2.45) is 5.73 Å². The highest BCUT2D eigenvalue weighted by atomic mass is 35.5. The first-order chi connectivity index (χ1) is 15.7. The lowest BCUT2D eigenvalue weighted by atomic mass is 9.80. The Labute approximate surface area is 213 Å². The number of thiocarbonyl (C=S) groups is 1. The smallest absolute Gasteiger partial charge is 0.336 e. The number of carbonyl (C=O) groups excluding carboxylic acids is 2. The van der Waals surface area contributed by atoms with Crippen molar-refractivity contribution in [3.63, 3.8) is 0 Å². The van der Waals surface area contributed by atoms with E-state index >= 15 is 0 Å². The summed E-state index contributed by atoms with van der Waals surface area (Å²) >= 11 is 19.2. The summed E-state index contributed by atoms with van der Waals surface area (Å²) in [5.41, 5.74) is 7.76. The molecular weight excluding hydrogens is 505 g/mol. The van der Waals surface area contributed by atoms with E-state index in [-0.39, 0.29) is 28.9 Å². The fraction of sp³-hybridized carbons (Fsp3) is 0.409. The second-order valence-corrected chi connectivity index (χ2v) is 9.25. The highest BCUT2D eigenvalue weighted by Gasteiger charge is 2.40. The number of thioether (sulfide) groups is 1. The minimum absolute atomic E-state index is 0.175. The number of hydrogen-bond acceptors (Lipinski definition) is 7. The second-order valence-electron chi connectivity index (χ2n) is 6.92. The van der Waals surface area contributed by atoms with Gasteiger partial charge in [-0.3, -0.25) is 0 Å². The van der Waals surface area contributed by atoms with E-state index in [2.05, 4.69) is 10.6 Å². The fourth-order valence-electron chi connectivity index (χ4n) is 3.41. The molecule has 0 spiro atoms. The van der Waals surface area contributed by atoms with Gasteiger partial charge in [0, 0.05) is 29.4 Å². The normalized spacial score (nSPS) is 15.7. The molecule has 11 heteroatoms. The first-order valence-corrected chi connectivity index (χ1v) is 12.6. The number of allylic oxidation sites excluding steroid dienone is 1. The average molecular weight is 533 g/mol. The summed E-state index contributed by atoms with van der Waals surface area (Å²) in [7, 11) is 0. The zero-order chi connectivity index (χ0) is 24.5. The molecule has 1 unspecified atom stereocenters. The van der Waals surface area contributed by atoms with Crippen LogP contribution < -0.4 is 16.4 Å². The highest BCUT2D eigenvalue weighted by molar-refractivity contribution is 7.99. The van der Waals surface area contributed by atoms with Gasteiger partial charge in [-0.05, 0) is 44.6 Å². The van der Waals surface area contributed by atoms with Crippen molar-refractivity contribution < 1.29 is 19.1 Å². The van der Waals surface area contributed by atoms with E-state index in [1.807, 2.05) is 0 Å². The van der Waals surface area contributed by atoms with Gasteiger partial charge in [-0.1, -0.05) is 35.3 Å². The van der Waals surface area contributed by atoms with E-state index in [4.69, 9.17) is 50.6 Å². The quantitative estimate of drug-likeness (QED) is 0.235.